The maximum absolute atomic E-state index is 14.6. The molecule has 1 fully saturated rings. The van der Waals surface area contributed by atoms with Crippen molar-refractivity contribution in [3.8, 4) is 16.9 Å². The molecule has 0 aromatic heterocycles. The average Bonchev–Trinajstić information content (AvgIpc) is 2.77. The number of hydrogen-bond acceptors (Lipinski definition) is 5. The van der Waals surface area contributed by atoms with Gasteiger partial charge >= 0.3 is 6.09 Å². The van der Waals surface area contributed by atoms with E-state index in [0.29, 0.717) is 37.8 Å². The Bertz CT molecular complexity index is 952. The fraction of sp³-hybridized carbons (Fsp3) is 0.500. The van der Waals surface area contributed by atoms with Gasteiger partial charge in [-0.25, -0.2) is 9.18 Å². The summed E-state index contributed by atoms with van der Waals surface area (Å²) in [6, 6.07) is 11.0. The minimum atomic E-state index is -0.485. The Kier molecular flexibility index (Phi) is 8.65. The van der Waals surface area contributed by atoms with Crippen molar-refractivity contribution in [3.05, 3.63) is 47.8 Å². The van der Waals surface area contributed by atoms with Crippen molar-refractivity contribution in [1.82, 2.24) is 4.90 Å². The summed E-state index contributed by atoms with van der Waals surface area (Å²) in [5.74, 6) is 0.863. The van der Waals surface area contributed by atoms with Crippen LogP contribution in [0.3, 0.4) is 0 Å². The highest BCUT2D eigenvalue weighted by atomic mass is 32.2. The van der Waals surface area contributed by atoms with E-state index >= 15 is 0 Å². The minimum Gasteiger partial charge on any atom is -0.493 e. The largest absolute Gasteiger partial charge is 0.493 e. The summed E-state index contributed by atoms with van der Waals surface area (Å²) in [4.78, 5) is 14.9. The number of benzene rings is 2. The van der Waals surface area contributed by atoms with Crippen molar-refractivity contribution < 1.29 is 23.4 Å². The van der Waals surface area contributed by atoms with E-state index < -0.39 is 5.60 Å². The summed E-state index contributed by atoms with van der Waals surface area (Å²) in [5.41, 5.74) is 1.76. The molecule has 1 aliphatic heterocycles. The molecule has 0 saturated carbocycles. The number of piperidine rings is 1. The van der Waals surface area contributed by atoms with Crippen LogP contribution in [0.2, 0.25) is 0 Å². The molecule has 0 bridgehead atoms. The second kappa shape index (κ2) is 11.3. The molecule has 1 aliphatic rings. The third-order valence-electron chi connectivity index (χ3n) is 5.59. The lowest BCUT2D eigenvalue weighted by Gasteiger charge is -2.33. The van der Waals surface area contributed by atoms with Crippen LogP contribution in [-0.4, -0.2) is 49.7 Å². The minimum absolute atomic E-state index is 0.240. The summed E-state index contributed by atoms with van der Waals surface area (Å²) < 4.78 is 31.6. The summed E-state index contributed by atoms with van der Waals surface area (Å²) in [5, 5.41) is 0. The molecule has 0 N–H and O–H groups in total. The predicted molar refractivity (Wildman–Crippen MR) is 130 cm³/mol. The summed E-state index contributed by atoms with van der Waals surface area (Å²) >= 11 is 1.52. The van der Waals surface area contributed by atoms with Crippen LogP contribution in [0.1, 0.15) is 39.2 Å². The quantitative estimate of drug-likeness (QED) is 0.435. The zero-order valence-corrected chi connectivity index (χ0v) is 21.0. The molecule has 3 rings (SSSR count). The second-order valence-electron chi connectivity index (χ2n) is 9.32. The molecule has 0 spiro atoms. The van der Waals surface area contributed by atoms with Crippen molar-refractivity contribution in [2.45, 2.75) is 50.7 Å². The van der Waals surface area contributed by atoms with E-state index in [-0.39, 0.29) is 11.9 Å². The number of rotatable bonds is 7. The molecule has 1 amide bonds. The highest BCUT2D eigenvalue weighted by Gasteiger charge is 2.27. The Balaban J connectivity index is 1.62. The first-order chi connectivity index (χ1) is 15.7. The highest BCUT2D eigenvalue weighted by molar-refractivity contribution is 7.98. The zero-order valence-electron chi connectivity index (χ0n) is 20.2. The van der Waals surface area contributed by atoms with Gasteiger partial charge in [0.2, 0.25) is 0 Å². The van der Waals surface area contributed by atoms with Crippen molar-refractivity contribution in [1.29, 1.82) is 0 Å². The number of methoxy groups -OCH3 is 1. The smallest absolute Gasteiger partial charge is 0.410 e. The summed E-state index contributed by atoms with van der Waals surface area (Å²) in [6.45, 7) is 7.90. The second-order valence-corrected chi connectivity index (χ2v) is 10.2. The molecular weight excluding hydrogens is 441 g/mol. The molecule has 2 aromatic rings. The number of amides is 1. The summed E-state index contributed by atoms with van der Waals surface area (Å²) in [6.07, 6.45) is 3.41. The maximum Gasteiger partial charge on any atom is 0.410 e. The number of halogens is 1. The van der Waals surface area contributed by atoms with E-state index in [2.05, 4.69) is 0 Å². The van der Waals surface area contributed by atoms with E-state index in [0.717, 1.165) is 34.6 Å². The molecule has 0 unspecified atom stereocenters. The first kappa shape index (κ1) is 25.4. The van der Waals surface area contributed by atoms with E-state index in [9.17, 15) is 9.18 Å². The Labute approximate surface area is 200 Å². The van der Waals surface area contributed by atoms with E-state index in [1.807, 2.05) is 57.4 Å². The number of hydrogen-bond donors (Lipinski definition) is 0. The molecule has 1 saturated heterocycles. The molecule has 7 heteroatoms. The monoisotopic (exact) mass is 475 g/mol. The fourth-order valence-electron chi connectivity index (χ4n) is 3.83. The molecule has 5 nitrogen and oxygen atoms in total. The molecule has 33 heavy (non-hydrogen) atoms. The van der Waals surface area contributed by atoms with Crippen LogP contribution in [0.25, 0.3) is 11.1 Å². The van der Waals surface area contributed by atoms with Gasteiger partial charge in [-0.2, -0.15) is 0 Å². The van der Waals surface area contributed by atoms with Gasteiger partial charge in [-0.1, -0.05) is 12.1 Å². The van der Waals surface area contributed by atoms with Crippen molar-refractivity contribution in [3.63, 3.8) is 0 Å². The van der Waals surface area contributed by atoms with Gasteiger partial charge in [0.15, 0.2) is 0 Å². The SMILES string of the molecule is COCc1cc(-c2ccc(SC)cc2F)ccc1OCC1CCN(C(=O)OC(C)(C)C)CC1. The van der Waals surface area contributed by atoms with Crippen LogP contribution in [0.4, 0.5) is 9.18 Å². The lowest BCUT2D eigenvalue weighted by Crippen LogP contribution is -2.42. The summed E-state index contributed by atoms with van der Waals surface area (Å²) in [7, 11) is 1.64. The zero-order chi connectivity index (χ0) is 24.0. The number of carbonyl (C=O) groups excluding carboxylic acids is 1. The first-order valence-electron chi connectivity index (χ1n) is 11.3. The number of nitrogens with zero attached hydrogens (tertiary/aromatic N) is 1. The van der Waals surface area contributed by atoms with Crippen LogP contribution >= 0.6 is 11.8 Å². The molecule has 1 heterocycles. The highest BCUT2D eigenvalue weighted by Crippen LogP contribution is 2.31. The number of carbonyl (C=O) groups is 1. The van der Waals surface area contributed by atoms with Crippen molar-refractivity contribution in [2.24, 2.45) is 5.92 Å². The Morgan fingerprint density at radius 3 is 2.48 bits per heavy atom. The normalized spacial score (nSPS) is 14.9. The maximum atomic E-state index is 14.6. The molecule has 0 atom stereocenters. The third-order valence-corrected chi connectivity index (χ3v) is 6.31. The third kappa shape index (κ3) is 7.11. The van der Waals surface area contributed by atoms with Gasteiger partial charge in [0.05, 0.1) is 13.2 Å². The van der Waals surface area contributed by atoms with Crippen LogP contribution < -0.4 is 4.74 Å². The molecular formula is C26H34FNO4S. The van der Waals surface area contributed by atoms with Gasteiger partial charge < -0.3 is 19.1 Å². The molecule has 0 aliphatic carbocycles. The number of thioether (sulfide) groups is 1. The Hall–Kier alpha value is -2.25. The molecule has 2 aromatic carbocycles. The first-order valence-corrected chi connectivity index (χ1v) is 12.5. The van der Waals surface area contributed by atoms with Gasteiger partial charge in [0.25, 0.3) is 0 Å². The van der Waals surface area contributed by atoms with Gasteiger partial charge in [-0.05, 0) is 75.6 Å². The molecule has 0 radical (unpaired) electrons. The fourth-order valence-corrected chi connectivity index (χ4v) is 4.25. The van der Waals surface area contributed by atoms with Gasteiger partial charge in [0, 0.05) is 36.2 Å². The van der Waals surface area contributed by atoms with Crippen LogP contribution in [-0.2, 0) is 16.1 Å². The molecule has 180 valence electrons. The van der Waals surface area contributed by atoms with Crippen molar-refractivity contribution >= 4 is 17.9 Å². The van der Waals surface area contributed by atoms with Crippen LogP contribution in [0.15, 0.2) is 41.3 Å². The van der Waals surface area contributed by atoms with Gasteiger partial charge in [-0.3, -0.25) is 0 Å². The topological polar surface area (TPSA) is 48.0 Å². The lowest BCUT2D eigenvalue weighted by atomic mass is 9.98. The average molecular weight is 476 g/mol. The standard InChI is InChI=1S/C26H34FNO4S/c1-26(2,3)32-25(29)28-12-10-18(11-13-28)16-31-24-9-6-19(14-20(24)17-30-4)22-8-7-21(33-5)15-23(22)27/h6-9,14-15,18H,10-13,16-17H2,1-5H3. The van der Waals surface area contributed by atoms with Crippen LogP contribution in [0.5, 0.6) is 5.75 Å². The number of ether oxygens (including phenoxy) is 3. The Morgan fingerprint density at radius 1 is 1.15 bits per heavy atom. The number of likely N-dealkylation sites (tertiary alicyclic amines) is 1. The Morgan fingerprint density at radius 2 is 1.88 bits per heavy atom. The lowest BCUT2D eigenvalue weighted by molar-refractivity contribution is 0.0164. The van der Waals surface area contributed by atoms with Gasteiger partial charge in [-0.15, -0.1) is 11.8 Å². The predicted octanol–water partition coefficient (Wildman–Crippen LogP) is 6.39. The van der Waals surface area contributed by atoms with Crippen molar-refractivity contribution in [2.75, 3.05) is 33.1 Å². The van der Waals surface area contributed by atoms with Gasteiger partial charge in [0.1, 0.15) is 17.2 Å². The van der Waals surface area contributed by atoms with Crippen LogP contribution in [0, 0.1) is 11.7 Å². The van der Waals surface area contributed by atoms with E-state index in [1.54, 1.807) is 18.1 Å². The van der Waals surface area contributed by atoms with E-state index in [1.165, 1.54) is 11.8 Å². The van der Waals surface area contributed by atoms with E-state index in [4.69, 9.17) is 14.2 Å².